The molecule has 1 aromatic rings. The first-order valence-electron chi connectivity index (χ1n) is 6.79. The second-order valence-electron chi connectivity index (χ2n) is 5.28. The van der Waals surface area contributed by atoms with Crippen LogP contribution in [-0.4, -0.2) is 34.8 Å². The Morgan fingerprint density at radius 3 is 2.00 bits per heavy atom. The first-order chi connectivity index (χ1) is 10.3. The number of imide groups is 1. The molecule has 0 saturated carbocycles. The van der Waals surface area contributed by atoms with Gasteiger partial charge in [0.25, 0.3) is 11.8 Å². The topological polar surface area (TPSA) is 92.8 Å². The standard InChI is InChI=1S/C15H16N2O5/c1-8(2)12(16-9(3)18)15(21)22-17-13(19)10-6-4-5-7-11(10)14(17)20/h4-8,12H,1-3H3,(H,16,18)/t12-/m1/s1. The molecule has 0 aliphatic carbocycles. The number of hydrogen-bond donors (Lipinski definition) is 1. The zero-order chi connectivity index (χ0) is 16.4. The molecular weight excluding hydrogens is 288 g/mol. The Morgan fingerprint density at radius 1 is 1.09 bits per heavy atom. The van der Waals surface area contributed by atoms with Crippen molar-refractivity contribution in [1.29, 1.82) is 0 Å². The largest absolute Gasteiger partial charge is 0.355 e. The third-order valence-electron chi connectivity index (χ3n) is 3.22. The van der Waals surface area contributed by atoms with Crippen LogP contribution in [0.3, 0.4) is 0 Å². The fourth-order valence-corrected chi connectivity index (χ4v) is 2.11. The van der Waals surface area contributed by atoms with Gasteiger partial charge >= 0.3 is 5.97 Å². The fraction of sp³-hybridized carbons (Fsp3) is 0.333. The Bertz CT molecular complexity index is 618. The molecule has 0 radical (unpaired) electrons. The minimum Gasteiger partial charge on any atom is -0.343 e. The lowest BCUT2D eigenvalue weighted by Gasteiger charge is -2.22. The minimum absolute atomic E-state index is 0.181. The van der Waals surface area contributed by atoms with Gasteiger partial charge in [-0.3, -0.25) is 14.4 Å². The number of hydrogen-bond acceptors (Lipinski definition) is 5. The number of benzene rings is 1. The van der Waals surface area contributed by atoms with Crippen molar-refractivity contribution in [3.8, 4) is 0 Å². The normalized spacial score (nSPS) is 14.8. The van der Waals surface area contributed by atoms with Crippen LogP contribution in [0.4, 0.5) is 0 Å². The van der Waals surface area contributed by atoms with Crippen molar-refractivity contribution in [3.05, 3.63) is 35.4 Å². The van der Waals surface area contributed by atoms with Gasteiger partial charge in [0.05, 0.1) is 11.1 Å². The summed E-state index contributed by atoms with van der Waals surface area (Å²) in [5, 5.41) is 2.88. The molecular formula is C15H16N2O5. The summed E-state index contributed by atoms with van der Waals surface area (Å²) in [6.07, 6.45) is 0. The molecule has 7 nitrogen and oxygen atoms in total. The molecule has 1 aliphatic heterocycles. The third kappa shape index (κ3) is 2.83. The first kappa shape index (κ1) is 15.7. The molecule has 3 amide bonds. The van der Waals surface area contributed by atoms with E-state index in [0.29, 0.717) is 5.06 Å². The smallest absolute Gasteiger partial charge is 0.343 e. The highest BCUT2D eigenvalue weighted by atomic mass is 16.7. The summed E-state index contributed by atoms with van der Waals surface area (Å²) < 4.78 is 0. The maximum Gasteiger partial charge on any atom is 0.355 e. The van der Waals surface area contributed by atoms with Crippen molar-refractivity contribution >= 4 is 23.7 Å². The molecule has 1 N–H and O–H groups in total. The molecule has 0 unspecified atom stereocenters. The molecule has 1 aliphatic rings. The second-order valence-corrected chi connectivity index (χ2v) is 5.28. The predicted octanol–water partition coefficient (Wildman–Crippen LogP) is 0.901. The van der Waals surface area contributed by atoms with Crippen LogP contribution in [0.5, 0.6) is 0 Å². The molecule has 7 heteroatoms. The summed E-state index contributed by atoms with van der Waals surface area (Å²) in [6, 6.07) is 5.25. The Labute approximate surface area is 127 Å². The summed E-state index contributed by atoms with van der Waals surface area (Å²) in [5.41, 5.74) is 0.363. The van der Waals surface area contributed by atoms with Crippen molar-refractivity contribution in [2.45, 2.75) is 26.8 Å². The van der Waals surface area contributed by atoms with Gasteiger partial charge in [-0.25, -0.2) is 4.79 Å². The predicted molar refractivity (Wildman–Crippen MR) is 75.5 cm³/mol. The number of hydroxylamine groups is 2. The van der Waals surface area contributed by atoms with E-state index in [0.717, 1.165) is 0 Å². The minimum atomic E-state index is -0.943. The van der Waals surface area contributed by atoms with Gasteiger partial charge in [0.2, 0.25) is 5.91 Å². The molecule has 116 valence electrons. The summed E-state index contributed by atoms with van der Waals surface area (Å²) in [7, 11) is 0. The van der Waals surface area contributed by atoms with Crippen LogP contribution < -0.4 is 5.32 Å². The first-order valence-corrected chi connectivity index (χ1v) is 6.79. The van der Waals surface area contributed by atoms with Gasteiger partial charge < -0.3 is 10.2 Å². The van der Waals surface area contributed by atoms with Crippen molar-refractivity contribution < 1.29 is 24.0 Å². The SMILES string of the molecule is CC(=O)N[C@@H](C(=O)ON1C(=O)c2ccccc2C1=O)C(C)C. The van der Waals surface area contributed by atoms with E-state index in [4.69, 9.17) is 4.84 Å². The Morgan fingerprint density at radius 2 is 1.59 bits per heavy atom. The fourth-order valence-electron chi connectivity index (χ4n) is 2.11. The van der Waals surface area contributed by atoms with Crippen LogP contribution >= 0.6 is 0 Å². The highest BCUT2D eigenvalue weighted by molar-refractivity contribution is 6.20. The van der Waals surface area contributed by atoms with E-state index in [-0.39, 0.29) is 17.0 Å². The Balaban J connectivity index is 2.17. The molecule has 0 spiro atoms. The number of rotatable bonds is 4. The van der Waals surface area contributed by atoms with Gasteiger partial charge in [0, 0.05) is 6.92 Å². The maximum atomic E-state index is 12.1. The van der Waals surface area contributed by atoms with Crippen LogP contribution in [0.2, 0.25) is 0 Å². The van der Waals surface area contributed by atoms with E-state index in [2.05, 4.69) is 5.32 Å². The molecule has 1 atom stereocenters. The van der Waals surface area contributed by atoms with Crippen molar-refractivity contribution in [3.63, 3.8) is 0 Å². The number of nitrogens with zero attached hydrogens (tertiary/aromatic N) is 1. The van der Waals surface area contributed by atoms with Gasteiger partial charge in [0.15, 0.2) is 0 Å². The number of amides is 3. The van der Waals surface area contributed by atoms with Crippen molar-refractivity contribution in [2.24, 2.45) is 5.92 Å². The lowest BCUT2D eigenvalue weighted by molar-refractivity contribution is -0.173. The van der Waals surface area contributed by atoms with Gasteiger partial charge in [-0.15, -0.1) is 0 Å². The molecule has 0 fully saturated rings. The Hall–Kier alpha value is -2.70. The molecule has 0 bridgehead atoms. The van der Waals surface area contributed by atoms with E-state index in [1.54, 1.807) is 26.0 Å². The zero-order valence-corrected chi connectivity index (χ0v) is 12.5. The average molecular weight is 304 g/mol. The van der Waals surface area contributed by atoms with Crippen LogP contribution in [0.25, 0.3) is 0 Å². The van der Waals surface area contributed by atoms with Crippen LogP contribution in [0, 0.1) is 5.92 Å². The summed E-state index contributed by atoms with van der Waals surface area (Å²) in [5.74, 6) is -2.91. The van der Waals surface area contributed by atoms with E-state index >= 15 is 0 Å². The number of nitrogens with one attached hydrogen (secondary N) is 1. The zero-order valence-electron chi connectivity index (χ0n) is 12.5. The molecule has 0 saturated heterocycles. The maximum absolute atomic E-state index is 12.1. The van der Waals surface area contributed by atoms with Crippen molar-refractivity contribution in [1.82, 2.24) is 10.4 Å². The van der Waals surface area contributed by atoms with Gasteiger partial charge in [-0.1, -0.05) is 31.0 Å². The third-order valence-corrected chi connectivity index (χ3v) is 3.22. The van der Waals surface area contributed by atoms with Gasteiger partial charge in [-0.2, -0.15) is 0 Å². The average Bonchev–Trinajstić information content (AvgIpc) is 2.70. The van der Waals surface area contributed by atoms with Gasteiger partial charge in [-0.05, 0) is 18.1 Å². The number of carbonyl (C=O) groups is 4. The Kier molecular flexibility index (Phi) is 4.25. The van der Waals surface area contributed by atoms with Crippen molar-refractivity contribution in [2.75, 3.05) is 0 Å². The molecule has 1 heterocycles. The van der Waals surface area contributed by atoms with Crippen LogP contribution in [0.1, 0.15) is 41.5 Å². The summed E-state index contributed by atoms with van der Waals surface area (Å²) in [6.45, 7) is 4.69. The van der Waals surface area contributed by atoms with E-state index in [1.165, 1.54) is 19.1 Å². The van der Waals surface area contributed by atoms with Crippen LogP contribution in [0.15, 0.2) is 24.3 Å². The monoisotopic (exact) mass is 304 g/mol. The number of carbonyl (C=O) groups excluding carboxylic acids is 4. The van der Waals surface area contributed by atoms with E-state index in [1.807, 2.05) is 0 Å². The molecule has 2 rings (SSSR count). The summed E-state index contributed by atoms with van der Waals surface area (Å²) in [4.78, 5) is 52.4. The van der Waals surface area contributed by atoms with Crippen LogP contribution in [-0.2, 0) is 14.4 Å². The molecule has 0 aromatic heterocycles. The van der Waals surface area contributed by atoms with E-state index < -0.39 is 29.7 Å². The second kappa shape index (κ2) is 5.97. The molecule has 22 heavy (non-hydrogen) atoms. The quantitative estimate of drug-likeness (QED) is 0.834. The van der Waals surface area contributed by atoms with Gasteiger partial charge in [0.1, 0.15) is 6.04 Å². The summed E-state index contributed by atoms with van der Waals surface area (Å²) >= 11 is 0. The van der Waals surface area contributed by atoms with E-state index in [9.17, 15) is 19.2 Å². The number of fused-ring (bicyclic) bond motifs is 1. The highest BCUT2D eigenvalue weighted by Crippen LogP contribution is 2.23. The lowest BCUT2D eigenvalue weighted by atomic mass is 10.1. The molecule has 1 aromatic carbocycles. The lowest BCUT2D eigenvalue weighted by Crippen LogP contribution is -2.47. The highest BCUT2D eigenvalue weighted by Gasteiger charge is 2.40.